The van der Waals surface area contributed by atoms with Crippen LogP contribution in [0.15, 0.2) is 12.3 Å². The van der Waals surface area contributed by atoms with Crippen molar-refractivity contribution in [3.63, 3.8) is 0 Å². The van der Waals surface area contributed by atoms with Crippen LogP contribution >= 0.6 is 11.6 Å². The average molecular weight is 309 g/mol. The Bertz CT molecular complexity index is 479. The number of rotatable bonds is 4. The lowest BCUT2D eigenvalue weighted by Gasteiger charge is -2.27. The SMILES string of the molecule is CCNCc1cc(N2CCCN3CCCC3C2)ncc1Cl. The third kappa shape index (κ3) is 3.50. The molecule has 2 aliphatic rings. The molecule has 21 heavy (non-hydrogen) atoms. The van der Waals surface area contributed by atoms with E-state index in [1.807, 2.05) is 0 Å². The maximum absolute atomic E-state index is 6.26. The molecule has 1 atom stereocenters. The summed E-state index contributed by atoms with van der Waals surface area (Å²) in [6, 6.07) is 2.87. The number of hydrogen-bond donors (Lipinski definition) is 1. The first kappa shape index (κ1) is 15.1. The van der Waals surface area contributed by atoms with Crippen molar-refractivity contribution in [1.82, 2.24) is 15.2 Å². The summed E-state index contributed by atoms with van der Waals surface area (Å²) < 4.78 is 0. The largest absolute Gasteiger partial charge is 0.355 e. The maximum atomic E-state index is 6.26. The van der Waals surface area contributed by atoms with Crippen LogP contribution in [0.25, 0.3) is 0 Å². The lowest BCUT2D eigenvalue weighted by atomic mass is 10.2. The van der Waals surface area contributed by atoms with Crippen molar-refractivity contribution in [2.24, 2.45) is 0 Å². The van der Waals surface area contributed by atoms with Crippen LogP contribution in [0.1, 0.15) is 31.7 Å². The van der Waals surface area contributed by atoms with Crippen molar-refractivity contribution in [3.05, 3.63) is 22.8 Å². The third-order valence-electron chi connectivity index (χ3n) is 4.61. The first-order valence-corrected chi connectivity index (χ1v) is 8.50. The summed E-state index contributed by atoms with van der Waals surface area (Å²) in [5, 5.41) is 4.11. The van der Waals surface area contributed by atoms with Gasteiger partial charge in [0.25, 0.3) is 0 Å². The molecule has 1 unspecified atom stereocenters. The Morgan fingerprint density at radius 1 is 1.33 bits per heavy atom. The molecule has 0 saturated carbocycles. The van der Waals surface area contributed by atoms with Crippen LogP contribution in [0, 0.1) is 0 Å². The number of halogens is 1. The number of nitrogens with one attached hydrogen (secondary N) is 1. The standard InChI is InChI=1S/C16H25ClN4/c1-2-18-10-13-9-16(19-11-15(13)17)21-8-4-7-20-6-3-5-14(20)12-21/h9,11,14,18H,2-8,10,12H2,1H3. The van der Waals surface area contributed by atoms with Gasteiger partial charge in [-0.05, 0) is 44.0 Å². The Morgan fingerprint density at radius 2 is 2.19 bits per heavy atom. The van der Waals surface area contributed by atoms with E-state index in [0.29, 0.717) is 6.04 Å². The molecule has 1 aromatic heterocycles. The Kier molecular flexibility index (Phi) is 4.99. The lowest BCUT2D eigenvalue weighted by molar-refractivity contribution is 0.273. The monoisotopic (exact) mass is 308 g/mol. The highest BCUT2D eigenvalue weighted by Gasteiger charge is 2.29. The van der Waals surface area contributed by atoms with Gasteiger partial charge in [0.2, 0.25) is 0 Å². The molecule has 2 fully saturated rings. The molecule has 4 nitrogen and oxygen atoms in total. The average Bonchev–Trinajstić information content (AvgIpc) is 2.83. The van der Waals surface area contributed by atoms with Gasteiger partial charge in [-0.3, -0.25) is 4.90 Å². The van der Waals surface area contributed by atoms with E-state index in [9.17, 15) is 0 Å². The summed E-state index contributed by atoms with van der Waals surface area (Å²) in [6.07, 6.45) is 5.71. The first-order chi connectivity index (χ1) is 10.3. The number of pyridine rings is 1. The van der Waals surface area contributed by atoms with Crippen LogP contribution in [-0.2, 0) is 6.54 Å². The summed E-state index contributed by atoms with van der Waals surface area (Å²) in [6.45, 7) is 8.59. The van der Waals surface area contributed by atoms with Gasteiger partial charge < -0.3 is 10.2 Å². The molecule has 0 bridgehead atoms. The van der Waals surface area contributed by atoms with Gasteiger partial charge in [0.1, 0.15) is 5.82 Å². The van der Waals surface area contributed by atoms with Crippen LogP contribution in [0.2, 0.25) is 5.02 Å². The zero-order valence-electron chi connectivity index (χ0n) is 12.8. The number of aromatic nitrogens is 1. The Morgan fingerprint density at radius 3 is 3.05 bits per heavy atom. The van der Waals surface area contributed by atoms with Gasteiger partial charge in [0.15, 0.2) is 0 Å². The number of fused-ring (bicyclic) bond motifs is 1. The number of hydrogen-bond acceptors (Lipinski definition) is 4. The van der Waals surface area contributed by atoms with Crippen LogP contribution < -0.4 is 10.2 Å². The van der Waals surface area contributed by atoms with Crippen molar-refractivity contribution in [2.45, 2.75) is 38.8 Å². The molecule has 3 rings (SSSR count). The summed E-state index contributed by atoms with van der Waals surface area (Å²) in [7, 11) is 0. The van der Waals surface area contributed by atoms with E-state index in [1.54, 1.807) is 6.20 Å². The molecule has 2 saturated heterocycles. The fourth-order valence-electron chi connectivity index (χ4n) is 3.45. The normalized spacial score (nSPS) is 23.1. The molecule has 3 heterocycles. The molecule has 1 N–H and O–H groups in total. The molecule has 0 aromatic carbocycles. The van der Waals surface area contributed by atoms with Crippen LogP contribution in [-0.4, -0.2) is 48.6 Å². The quantitative estimate of drug-likeness (QED) is 0.926. The molecule has 0 radical (unpaired) electrons. The van der Waals surface area contributed by atoms with Crippen molar-refractivity contribution in [2.75, 3.05) is 37.6 Å². The summed E-state index contributed by atoms with van der Waals surface area (Å²) >= 11 is 6.26. The van der Waals surface area contributed by atoms with E-state index in [-0.39, 0.29) is 0 Å². The van der Waals surface area contributed by atoms with Crippen molar-refractivity contribution in [1.29, 1.82) is 0 Å². The van der Waals surface area contributed by atoms with Crippen molar-refractivity contribution < 1.29 is 0 Å². The minimum Gasteiger partial charge on any atom is -0.355 e. The summed E-state index contributed by atoms with van der Waals surface area (Å²) in [4.78, 5) is 9.67. The highest BCUT2D eigenvalue weighted by atomic mass is 35.5. The molecule has 116 valence electrons. The van der Waals surface area contributed by atoms with E-state index in [1.165, 1.54) is 32.4 Å². The van der Waals surface area contributed by atoms with Gasteiger partial charge >= 0.3 is 0 Å². The van der Waals surface area contributed by atoms with E-state index < -0.39 is 0 Å². The van der Waals surface area contributed by atoms with Crippen molar-refractivity contribution >= 4 is 17.4 Å². The van der Waals surface area contributed by atoms with Gasteiger partial charge in [-0.1, -0.05) is 18.5 Å². The lowest BCUT2D eigenvalue weighted by Crippen LogP contribution is -2.37. The summed E-state index contributed by atoms with van der Waals surface area (Å²) in [5.74, 6) is 1.08. The predicted octanol–water partition coefficient (Wildman–Crippen LogP) is 2.52. The summed E-state index contributed by atoms with van der Waals surface area (Å²) in [5.41, 5.74) is 1.15. The number of anilines is 1. The molecule has 0 amide bonds. The van der Waals surface area contributed by atoms with Gasteiger partial charge in [-0.2, -0.15) is 0 Å². The molecule has 1 aromatic rings. The van der Waals surface area contributed by atoms with Gasteiger partial charge in [-0.15, -0.1) is 0 Å². The zero-order chi connectivity index (χ0) is 14.7. The smallest absolute Gasteiger partial charge is 0.128 e. The molecule has 0 spiro atoms. The first-order valence-electron chi connectivity index (χ1n) is 8.12. The molecular weight excluding hydrogens is 284 g/mol. The minimum absolute atomic E-state index is 0.710. The minimum atomic E-state index is 0.710. The fourth-order valence-corrected chi connectivity index (χ4v) is 3.62. The maximum Gasteiger partial charge on any atom is 0.128 e. The Balaban J connectivity index is 1.75. The molecular formula is C16H25ClN4. The zero-order valence-corrected chi connectivity index (χ0v) is 13.6. The van der Waals surface area contributed by atoms with Gasteiger partial charge in [-0.25, -0.2) is 4.98 Å². The fraction of sp³-hybridized carbons (Fsp3) is 0.688. The van der Waals surface area contributed by atoms with Crippen LogP contribution in [0.5, 0.6) is 0 Å². The predicted molar refractivity (Wildman–Crippen MR) is 88.1 cm³/mol. The molecule has 2 aliphatic heterocycles. The highest BCUT2D eigenvalue weighted by molar-refractivity contribution is 6.31. The Labute approximate surface area is 132 Å². The van der Waals surface area contributed by atoms with Gasteiger partial charge in [0.05, 0.1) is 5.02 Å². The van der Waals surface area contributed by atoms with E-state index in [0.717, 1.165) is 42.6 Å². The topological polar surface area (TPSA) is 31.4 Å². The second-order valence-corrected chi connectivity index (χ2v) is 6.45. The second kappa shape index (κ2) is 6.95. The highest BCUT2D eigenvalue weighted by Crippen LogP contribution is 2.26. The van der Waals surface area contributed by atoms with Crippen LogP contribution in [0.4, 0.5) is 5.82 Å². The van der Waals surface area contributed by atoms with E-state index >= 15 is 0 Å². The Hall–Kier alpha value is -0.840. The van der Waals surface area contributed by atoms with Crippen LogP contribution in [0.3, 0.4) is 0 Å². The van der Waals surface area contributed by atoms with Gasteiger partial charge in [0, 0.05) is 38.4 Å². The molecule has 0 aliphatic carbocycles. The second-order valence-electron chi connectivity index (χ2n) is 6.05. The third-order valence-corrected chi connectivity index (χ3v) is 4.95. The molecule has 5 heteroatoms. The number of nitrogens with zero attached hydrogens (tertiary/aromatic N) is 3. The van der Waals surface area contributed by atoms with E-state index in [4.69, 9.17) is 11.6 Å². The van der Waals surface area contributed by atoms with E-state index in [2.05, 4.69) is 33.1 Å². The van der Waals surface area contributed by atoms with Crippen molar-refractivity contribution in [3.8, 4) is 0 Å².